The van der Waals surface area contributed by atoms with E-state index in [2.05, 4.69) is 42.6 Å². The molecule has 1 N–H and O–H groups in total. The predicted molar refractivity (Wildman–Crippen MR) is 56.9 cm³/mol. The first-order valence-corrected chi connectivity index (χ1v) is 4.55. The Morgan fingerprint density at radius 3 is 2.92 bits per heavy atom. The van der Waals surface area contributed by atoms with E-state index in [1.54, 1.807) is 0 Å². The van der Waals surface area contributed by atoms with Gasteiger partial charge in [0.05, 0.1) is 0 Å². The highest BCUT2D eigenvalue weighted by Crippen LogP contribution is 2.21. The zero-order valence-corrected chi connectivity index (χ0v) is 7.67. The molecule has 0 aliphatic rings. The lowest BCUT2D eigenvalue weighted by Crippen LogP contribution is -1.96. The van der Waals surface area contributed by atoms with Crippen LogP contribution in [0.15, 0.2) is 36.4 Å². The fraction of sp³-hybridized carbons (Fsp3) is 0.167. The maximum Gasteiger partial charge on any atom is 0.0420 e. The van der Waals surface area contributed by atoms with Gasteiger partial charge in [0.1, 0.15) is 0 Å². The zero-order chi connectivity index (χ0) is 9.10. The summed E-state index contributed by atoms with van der Waals surface area (Å²) in [6, 6.07) is 15.5. The molecule has 0 saturated carbocycles. The molecule has 2 aromatic carbocycles. The minimum absolute atomic E-state index is 0.952. The van der Waals surface area contributed by atoms with Crippen LogP contribution < -0.4 is 5.32 Å². The molecule has 1 radical (unpaired) electrons. The highest BCUT2D eigenvalue weighted by atomic mass is 14.8. The maximum atomic E-state index is 3.33. The molecule has 65 valence electrons. The van der Waals surface area contributed by atoms with Gasteiger partial charge in [-0.05, 0) is 24.4 Å². The van der Waals surface area contributed by atoms with E-state index in [9.17, 15) is 0 Å². The molecule has 0 spiro atoms. The van der Waals surface area contributed by atoms with Gasteiger partial charge >= 0.3 is 0 Å². The summed E-state index contributed by atoms with van der Waals surface area (Å²) in [5.41, 5.74) is 1.19. The van der Waals surface area contributed by atoms with Crippen molar-refractivity contribution in [2.45, 2.75) is 6.92 Å². The molecule has 0 saturated heterocycles. The van der Waals surface area contributed by atoms with Gasteiger partial charge in [-0.2, -0.15) is 0 Å². The average molecular weight is 170 g/mol. The fourth-order valence-electron chi connectivity index (χ4n) is 1.49. The number of nitrogens with one attached hydrogen (secondary N) is 1. The number of hydrogen-bond acceptors (Lipinski definition) is 1. The van der Waals surface area contributed by atoms with E-state index >= 15 is 0 Å². The van der Waals surface area contributed by atoms with Crippen LogP contribution in [0, 0.1) is 6.07 Å². The summed E-state index contributed by atoms with van der Waals surface area (Å²) >= 11 is 0. The van der Waals surface area contributed by atoms with Crippen molar-refractivity contribution >= 4 is 16.5 Å². The highest BCUT2D eigenvalue weighted by Gasteiger charge is 1.96. The van der Waals surface area contributed by atoms with Gasteiger partial charge in [0.15, 0.2) is 0 Å². The molecular weight excluding hydrogens is 158 g/mol. The Labute approximate surface area is 78.4 Å². The molecule has 2 aromatic rings. The molecule has 0 bridgehead atoms. The molecule has 0 unspecified atom stereocenters. The zero-order valence-electron chi connectivity index (χ0n) is 7.67. The molecule has 0 aliphatic heterocycles. The van der Waals surface area contributed by atoms with Crippen LogP contribution in [0.4, 0.5) is 5.69 Å². The topological polar surface area (TPSA) is 12.0 Å². The lowest BCUT2D eigenvalue weighted by atomic mass is 10.1. The molecule has 1 heteroatoms. The second kappa shape index (κ2) is 3.48. The van der Waals surface area contributed by atoms with E-state index in [0.29, 0.717) is 0 Å². The Balaban J connectivity index is 2.61. The van der Waals surface area contributed by atoms with Gasteiger partial charge in [0.25, 0.3) is 0 Å². The second-order valence-electron chi connectivity index (χ2n) is 2.97. The number of anilines is 1. The molecule has 1 nitrogen and oxygen atoms in total. The minimum Gasteiger partial charge on any atom is -0.385 e. The Hall–Kier alpha value is -1.50. The predicted octanol–water partition coefficient (Wildman–Crippen LogP) is 3.07. The Kier molecular flexibility index (Phi) is 2.17. The van der Waals surface area contributed by atoms with Gasteiger partial charge in [-0.25, -0.2) is 0 Å². The smallest absolute Gasteiger partial charge is 0.0420 e. The van der Waals surface area contributed by atoms with E-state index in [4.69, 9.17) is 0 Å². The average Bonchev–Trinajstić information content (AvgIpc) is 2.19. The SMILES string of the molecule is CCNc1cc[c]c2ccccc12. The third-order valence-corrected chi connectivity index (χ3v) is 2.07. The van der Waals surface area contributed by atoms with Crippen molar-refractivity contribution < 1.29 is 0 Å². The van der Waals surface area contributed by atoms with Gasteiger partial charge in [0.2, 0.25) is 0 Å². The lowest BCUT2D eigenvalue weighted by Gasteiger charge is -2.06. The lowest BCUT2D eigenvalue weighted by molar-refractivity contribution is 1.22. The summed E-state index contributed by atoms with van der Waals surface area (Å²) in [4.78, 5) is 0. The third kappa shape index (κ3) is 1.50. The molecule has 0 amide bonds. The van der Waals surface area contributed by atoms with Crippen molar-refractivity contribution in [3.8, 4) is 0 Å². The number of fused-ring (bicyclic) bond motifs is 1. The molecule has 2 rings (SSSR count). The van der Waals surface area contributed by atoms with Crippen LogP contribution in [-0.2, 0) is 0 Å². The molecule has 0 aromatic heterocycles. The van der Waals surface area contributed by atoms with Crippen molar-refractivity contribution in [2.75, 3.05) is 11.9 Å². The van der Waals surface area contributed by atoms with Gasteiger partial charge < -0.3 is 5.32 Å². The normalized spacial score (nSPS) is 10.2. The molecule has 0 aliphatic carbocycles. The first kappa shape index (κ1) is 8.11. The largest absolute Gasteiger partial charge is 0.385 e. The molecular formula is C12H12N. The number of hydrogen-bond donors (Lipinski definition) is 1. The van der Waals surface area contributed by atoms with Gasteiger partial charge in [-0.15, -0.1) is 0 Å². The Morgan fingerprint density at radius 2 is 2.08 bits per heavy atom. The van der Waals surface area contributed by atoms with E-state index in [0.717, 1.165) is 6.54 Å². The second-order valence-corrected chi connectivity index (χ2v) is 2.97. The van der Waals surface area contributed by atoms with Crippen molar-refractivity contribution in [2.24, 2.45) is 0 Å². The quantitative estimate of drug-likeness (QED) is 0.730. The summed E-state index contributed by atoms with van der Waals surface area (Å²) in [7, 11) is 0. The van der Waals surface area contributed by atoms with Crippen molar-refractivity contribution in [3.63, 3.8) is 0 Å². The summed E-state index contributed by atoms with van der Waals surface area (Å²) in [5, 5.41) is 5.74. The molecule has 0 heterocycles. The summed E-state index contributed by atoms with van der Waals surface area (Å²) in [5.74, 6) is 0. The Bertz CT molecular complexity index is 401. The van der Waals surface area contributed by atoms with Crippen molar-refractivity contribution in [3.05, 3.63) is 42.5 Å². The monoisotopic (exact) mass is 170 g/mol. The summed E-state index contributed by atoms with van der Waals surface area (Å²) in [6.45, 7) is 3.06. The van der Waals surface area contributed by atoms with Crippen LogP contribution in [0.3, 0.4) is 0 Å². The van der Waals surface area contributed by atoms with Crippen LogP contribution in [0.1, 0.15) is 6.92 Å². The molecule has 0 fully saturated rings. The van der Waals surface area contributed by atoms with Crippen LogP contribution in [-0.4, -0.2) is 6.54 Å². The standard InChI is InChI=1S/C12H12N/c1-2-13-12-9-5-7-10-6-3-4-8-11(10)12/h3-6,8-9,13H,2H2,1H3. The van der Waals surface area contributed by atoms with E-state index < -0.39 is 0 Å². The van der Waals surface area contributed by atoms with E-state index in [1.807, 2.05) is 12.1 Å². The third-order valence-electron chi connectivity index (χ3n) is 2.07. The number of benzene rings is 2. The first-order valence-electron chi connectivity index (χ1n) is 4.55. The van der Waals surface area contributed by atoms with Gasteiger partial charge in [0, 0.05) is 17.6 Å². The van der Waals surface area contributed by atoms with Gasteiger partial charge in [-0.3, -0.25) is 0 Å². The summed E-state index contributed by atoms with van der Waals surface area (Å²) < 4.78 is 0. The number of rotatable bonds is 2. The molecule has 0 atom stereocenters. The summed E-state index contributed by atoms with van der Waals surface area (Å²) in [6.07, 6.45) is 0. The fourth-order valence-corrected chi connectivity index (χ4v) is 1.49. The first-order chi connectivity index (χ1) is 6.42. The van der Waals surface area contributed by atoms with Crippen LogP contribution in [0.25, 0.3) is 10.8 Å². The van der Waals surface area contributed by atoms with Crippen LogP contribution in [0.5, 0.6) is 0 Å². The van der Waals surface area contributed by atoms with Crippen LogP contribution in [0.2, 0.25) is 0 Å². The Morgan fingerprint density at radius 1 is 1.23 bits per heavy atom. The van der Waals surface area contributed by atoms with Gasteiger partial charge in [-0.1, -0.05) is 30.3 Å². The van der Waals surface area contributed by atoms with Crippen LogP contribution >= 0.6 is 0 Å². The minimum atomic E-state index is 0.952. The van der Waals surface area contributed by atoms with E-state index in [1.165, 1.54) is 16.5 Å². The van der Waals surface area contributed by atoms with Crippen molar-refractivity contribution in [1.82, 2.24) is 0 Å². The maximum absolute atomic E-state index is 3.33. The molecule has 13 heavy (non-hydrogen) atoms. The highest BCUT2D eigenvalue weighted by molar-refractivity contribution is 5.93. The van der Waals surface area contributed by atoms with Crippen molar-refractivity contribution in [1.29, 1.82) is 0 Å². The van der Waals surface area contributed by atoms with E-state index in [-0.39, 0.29) is 0 Å².